The minimum Gasteiger partial charge on any atom is -0.376 e. The second-order valence-electron chi connectivity index (χ2n) is 5.05. The third kappa shape index (κ3) is 3.87. The van der Waals surface area contributed by atoms with E-state index in [0.717, 1.165) is 23.5 Å². The van der Waals surface area contributed by atoms with E-state index in [0.29, 0.717) is 10.6 Å². The van der Waals surface area contributed by atoms with Crippen molar-refractivity contribution in [1.82, 2.24) is 9.88 Å². The number of carbonyl (C=O) groups excluding carboxylic acids is 1. The van der Waals surface area contributed by atoms with Crippen LogP contribution < -0.4 is 5.32 Å². The van der Waals surface area contributed by atoms with Gasteiger partial charge in [-0.2, -0.15) is 13.2 Å². The van der Waals surface area contributed by atoms with Crippen LogP contribution in [-0.2, 0) is 4.79 Å². The summed E-state index contributed by atoms with van der Waals surface area (Å²) in [5.74, 6) is -0.630. The number of carbonyl (C=O) groups is 1. The van der Waals surface area contributed by atoms with Crippen LogP contribution in [0.3, 0.4) is 0 Å². The summed E-state index contributed by atoms with van der Waals surface area (Å²) in [4.78, 5) is 16.7. The number of halogens is 3. The van der Waals surface area contributed by atoms with Gasteiger partial charge in [0.1, 0.15) is 6.54 Å². The summed E-state index contributed by atoms with van der Waals surface area (Å²) in [7, 11) is 1.13. The van der Waals surface area contributed by atoms with E-state index in [1.54, 1.807) is 12.3 Å². The Balaban J connectivity index is 2.09. The summed E-state index contributed by atoms with van der Waals surface area (Å²) < 4.78 is 36.8. The van der Waals surface area contributed by atoms with Crippen molar-refractivity contribution in [3.63, 3.8) is 0 Å². The van der Waals surface area contributed by atoms with E-state index >= 15 is 0 Å². The molecule has 0 radical (unpaired) electrons. The van der Waals surface area contributed by atoms with Gasteiger partial charge in [0.15, 0.2) is 0 Å². The number of aryl methyl sites for hydroxylation is 1. The third-order valence-electron chi connectivity index (χ3n) is 3.25. The predicted molar refractivity (Wildman–Crippen MR) is 78.7 cm³/mol. The quantitative estimate of drug-likeness (QED) is 0.944. The molecule has 1 aromatic heterocycles. The van der Waals surface area contributed by atoms with Crippen LogP contribution in [0.5, 0.6) is 0 Å². The predicted octanol–water partition coefficient (Wildman–Crippen LogP) is 2.98. The van der Waals surface area contributed by atoms with Crippen LogP contribution in [0.25, 0.3) is 10.9 Å². The zero-order chi connectivity index (χ0) is 16.3. The Bertz CT molecular complexity index is 685. The molecule has 0 bridgehead atoms. The van der Waals surface area contributed by atoms with Gasteiger partial charge in [-0.1, -0.05) is 18.2 Å². The molecule has 0 atom stereocenters. The van der Waals surface area contributed by atoms with E-state index < -0.39 is 18.6 Å². The van der Waals surface area contributed by atoms with Crippen molar-refractivity contribution >= 4 is 22.5 Å². The first kappa shape index (κ1) is 16.1. The highest BCUT2D eigenvalue weighted by molar-refractivity contribution is 5.94. The van der Waals surface area contributed by atoms with Gasteiger partial charge in [-0.3, -0.25) is 9.78 Å². The molecule has 0 aliphatic rings. The second kappa shape index (κ2) is 6.21. The van der Waals surface area contributed by atoms with Crippen molar-refractivity contribution in [2.45, 2.75) is 13.1 Å². The molecule has 0 saturated heterocycles. The largest absolute Gasteiger partial charge is 0.406 e. The van der Waals surface area contributed by atoms with Crippen LogP contribution >= 0.6 is 0 Å². The van der Waals surface area contributed by atoms with Crippen LogP contribution in [0.2, 0.25) is 0 Å². The lowest BCUT2D eigenvalue weighted by Gasteiger charge is -2.19. The zero-order valence-corrected chi connectivity index (χ0v) is 12.2. The number of anilines is 1. The standard InChI is InChI=1S/C15H16F3N3O/c1-10-4-3-5-11-12(6-7-19-14(10)11)20-8-13(22)21(2)9-15(16,17)18/h3-7H,8-9H2,1-2H3,(H,19,20). The molecule has 4 nitrogen and oxygen atoms in total. The lowest BCUT2D eigenvalue weighted by atomic mass is 10.1. The van der Waals surface area contributed by atoms with Gasteiger partial charge in [0.2, 0.25) is 5.91 Å². The van der Waals surface area contributed by atoms with Crippen molar-refractivity contribution in [3.8, 4) is 0 Å². The molecule has 22 heavy (non-hydrogen) atoms. The van der Waals surface area contributed by atoms with E-state index in [-0.39, 0.29) is 6.54 Å². The molecule has 118 valence electrons. The lowest BCUT2D eigenvalue weighted by molar-refractivity contribution is -0.157. The number of nitrogens with zero attached hydrogens (tertiary/aromatic N) is 2. The highest BCUT2D eigenvalue weighted by Gasteiger charge is 2.31. The Morgan fingerprint density at radius 1 is 1.32 bits per heavy atom. The van der Waals surface area contributed by atoms with Gasteiger partial charge in [0, 0.05) is 24.3 Å². The average Bonchev–Trinajstić information content (AvgIpc) is 2.43. The molecule has 0 aliphatic heterocycles. The first-order valence-electron chi connectivity index (χ1n) is 6.67. The van der Waals surface area contributed by atoms with E-state index in [2.05, 4.69) is 10.3 Å². The smallest absolute Gasteiger partial charge is 0.376 e. The number of benzene rings is 1. The maximum atomic E-state index is 12.3. The van der Waals surface area contributed by atoms with Crippen LogP contribution in [0.15, 0.2) is 30.5 Å². The van der Waals surface area contributed by atoms with Crippen LogP contribution in [0.4, 0.5) is 18.9 Å². The number of amides is 1. The molecule has 0 spiro atoms. The number of hydrogen-bond donors (Lipinski definition) is 1. The zero-order valence-electron chi connectivity index (χ0n) is 12.2. The van der Waals surface area contributed by atoms with Crippen molar-refractivity contribution in [3.05, 3.63) is 36.0 Å². The molecular formula is C15H16F3N3O. The van der Waals surface area contributed by atoms with Gasteiger partial charge in [-0.15, -0.1) is 0 Å². The Labute approximate surface area is 125 Å². The fourth-order valence-electron chi connectivity index (χ4n) is 2.14. The Morgan fingerprint density at radius 3 is 2.73 bits per heavy atom. The summed E-state index contributed by atoms with van der Waals surface area (Å²) in [5, 5.41) is 3.71. The highest BCUT2D eigenvalue weighted by Crippen LogP contribution is 2.23. The van der Waals surface area contributed by atoms with Crippen molar-refractivity contribution in [2.24, 2.45) is 0 Å². The Hall–Kier alpha value is -2.31. The summed E-state index contributed by atoms with van der Waals surface area (Å²) in [5.41, 5.74) is 2.45. The maximum Gasteiger partial charge on any atom is 0.406 e. The third-order valence-corrected chi connectivity index (χ3v) is 3.25. The number of rotatable bonds is 4. The summed E-state index contributed by atoms with van der Waals surface area (Å²) >= 11 is 0. The number of likely N-dealkylation sites (N-methyl/N-ethyl adjacent to an activating group) is 1. The van der Waals surface area contributed by atoms with Gasteiger partial charge in [-0.25, -0.2) is 0 Å². The topological polar surface area (TPSA) is 45.2 Å². The number of nitrogens with one attached hydrogen (secondary N) is 1. The van der Waals surface area contributed by atoms with Crippen LogP contribution in [-0.4, -0.2) is 42.1 Å². The van der Waals surface area contributed by atoms with Crippen molar-refractivity contribution < 1.29 is 18.0 Å². The van der Waals surface area contributed by atoms with Gasteiger partial charge >= 0.3 is 6.18 Å². The molecule has 2 rings (SSSR count). The van der Waals surface area contributed by atoms with Gasteiger partial charge in [-0.05, 0) is 18.6 Å². The van der Waals surface area contributed by atoms with E-state index in [1.807, 2.05) is 25.1 Å². The maximum absolute atomic E-state index is 12.3. The molecule has 0 unspecified atom stereocenters. The minimum atomic E-state index is -4.40. The molecule has 7 heteroatoms. The summed E-state index contributed by atoms with van der Waals surface area (Å²) in [6.07, 6.45) is -2.80. The first-order chi connectivity index (χ1) is 10.3. The number of fused-ring (bicyclic) bond motifs is 1. The van der Waals surface area contributed by atoms with E-state index in [4.69, 9.17) is 0 Å². The number of pyridine rings is 1. The first-order valence-corrected chi connectivity index (χ1v) is 6.67. The average molecular weight is 311 g/mol. The van der Waals surface area contributed by atoms with Gasteiger partial charge < -0.3 is 10.2 Å². The molecule has 0 fully saturated rings. The number of alkyl halides is 3. The van der Waals surface area contributed by atoms with Gasteiger partial charge in [0.25, 0.3) is 0 Å². The summed E-state index contributed by atoms with van der Waals surface area (Å²) in [6, 6.07) is 7.32. The number of para-hydroxylation sites is 1. The lowest BCUT2D eigenvalue weighted by Crippen LogP contribution is -2.38. The van der Waals surface area contributed by atoms with Crippen LogP contribution in [0, 0.1) is 6.92 Å². The molecule has 0 saturated carbocycles. The molecule has 1 amide bonds. The molecule has 1 aromatic carbocycles. The second-order valence-corrected chi connectivity index (χ2v) is 5.05. The summed E-state index contributed by atoms with van der Waals surface area (Å²) in [6.45, 7) is 0.449. The monoisotopic (exact) mass is 311 g/mol. The molecule has 0 aliphatic carbocycles. The number of hydrogen-bond acceptors (Lipinski definition) is 3. The number of aromatic nitrogens is 1. The van der Waals surface area contributed by atoms with Crippen molar-refractivity contribution in [2.75, 3.05) is 25.5 Å². The minimum absolute atomic E-state index is 0.209. The normalized spacial score (nSPS) is 11.5. The van der Waals surface area contributed by atoms with Crippen LogP contribution in [0.1, 0.15) is 5.56 Å². The fraction of sp³-hybridized carbons (Fsp3) is 0.333. The van der Waals surface area contributed by atoms with E-state index in [9.17, 15) is 18.0 Å². The Morgan fingerprint density at radius 2 is 2.05 bits per heavy atom. The fourth-order valence-corrected chi connectivity index (χ4v) is 2.14. The molecular weight excluding hydrogens is 295 g/mol. The molecule has 2 aromatic rings. The molecule has 1 heterocycles. The van der Waals surface area contributed by atoms with Gasteiger partial charge in [0.05, 0.1) is 12.1 Å². The Kier molecular flexibility index (Phi) is 4.54. The van der Waals surface area contributed by atoms with E-state index in [1.165, 1.54) is 0 Å². The van der Waals surface area contributed by atoms with Crippen molar-refractivity contribution in [1.29, 1.82) is 0 Å². The highest BCUT2D eigenvalue weighted by atomic mass is 19.4. The molecule has 1 N–H and O–H groups in total. The SMILES string of the molecule is Cc1cccc2c(NCC(=O)N(C)CC(F)(F)F)ccnc12.